The first-order chi connectivity index (χ1) is 20.8. The van der Waals surface area contributed by atoms with Crippen molar-refractivity contribution in [3.8, 4) is 46.0 Å². The average Bonchev–Trinajstić information content (AvgIpc) is 3.03. The van der Waals surface area contributed by atoms with Crippen LogP contribution in [0.1, 0.15) is 61.8 Å². The Morgan fingerprint density at radius 3 is 1.40 bits per heavy atom. The van der Waals surface area contributed by atoms with E-state index >= 15 is 0 Å². The van der Waals surface area contributed by atoms with E-state index < -0.39 is 0 Å². The predicted molar refractivity (Wildman–Crippen MR) is 172 cm³/mol. The van der Waals surface area contributed by atoms with Crippen LogP contribution in [0.4, 0.5) is 0 Å². The number of aromatic hydroxyl groups is 2. The van der Waals surface area contributed by atoms with Crippen molar-refractivity contribution in [2.45, 2.75) is 39.5 Å². The normalized spacial score (nSPS) is 12.0. The van der Waals surface area contributed by atoms with Crippen LogP contribution >= 0.6 is 0 Å². The van der Waals surface area contributed by atoms with Crippen LogP contribution < -0.4 is 28.4 Å². The Labute approximate surface area is 255 Å². The fourth-order valence-corrected chi connectivity index (χ4v) is 4.65. The van der Waals surface area contributed by atoms with Gasteiger partial charge < -0.3 is 38.6 Å². The van der Waals surface area contributed by atoms with E-state index in [4.69, 9.17) is 28.4 Å². The second-order valence-corrected chi connectivity index (χ2v) is 10.1. The summed E-state index contributed by atoms with van der Waals surface area (Å²) in [5.41, 5.74) is 3.21. The summed E-state index contributed by atoms with van der Waals surface area (Å²) in [5, 5.41) is 20.6. The molecule has 0 saturated carbocycles. The van der Waals surface area contributed by atoms with E-state index in [1.807, 2.05) is 36.4 Å². The molecule has 0 heterocycles. The SMILES string of the molecule is CCCCC(CC)COc1cc(/C=C/c2cc(OC)c(O)c(OC)c2)c(OC)cc1/C=C/c1cc(OC)c(O)c(OC)c1. The molecule has 1 atom stereocenters. The Morgan fingerprint density at radius 1 is 0.581 bits per heavy atom. The third kappa shape index (κ3) is 8.53. The van der Waals surface area contributed by atoms with Gasteiger partial charge in [-0.05, 0) is 59.9 Å². The van der Waals surface area contributed by atoms with Crippen molar-refractivity contribution in [3.05, 3.63) is 58.7 Å². The Kier molecular flexibility index (Phi) is 12.5. The molecule has 0 spiro atoms. The minimum absolute atomic E-state index is 0.0504. The Hall–Kier alpha value is -4.46. The number of unbranched alkanes of at least 4 members (excludes halogenated alkanes) is 1. The van der Waals surface area contributed by atoms with Crippen LogP contribution in [0.15, 0.2) is 36.4 Å². The molecule has 0 bridgehead atoms. The third-order valence-corrected chi connectivity index (χ3v) is 7.29. The molecule has 0 amide bonds. The molecule has 0 aliphatic heterocycles. The number of phenolic OH excluding ortho intramolecular Hbond substituents is 2. The Balaban J connectivity index is 2.05. The largest absolute Gasteiger partial charge is 0.502 e. The van der Waals surface area contributed by atoms with Gasteiger partial charge in [0, 0.05) is 11.1 Å². The molecule has 43 heavy (non-hydrogen) atoms. The van der Waals surface area contributed by atoms with Crippen LogP contribution in [0, 0.1) is 5.92 Å². The van der Waals surface area contributed by atoms with Crippen LogP contribution in [0.3, 0.4) is 0 Å². The molecule has 232 valence electrons. The van der Waals surface area contributed by atoms with Gasteiger partial charge in [-0.2, -0.15) is 0 Å². The topological polar surface area (TPSA) is 95.8 Å². The molecule has 0 fully saturated rings. The van der Waals surface area contributed by atoms with Crippen LogP contribution in [0.25, 0.3) is 24.3 Å². The van der Waals surface area contributed by atoms with Gasteiger partial charge in [0.1, 0.15) is 11.5 Å². The predicted octanol–water partition coefficient (Wildman–Crippen LogP) is 8.08. The number of hydrogen-bond donors (Lipinski definition) is 2. The van der Waals surface area contributed by atoms with Gasteiger partial charge in [0.15, 0.2) is 23.0 Å². The van der Waals surface area contributed by atoms with Crippen molar-refractivity contribution in [3.63, 3.8) is 0 Å². The van der Waals surface area contributed by atoms with Crippen molar-refractivity contribution in [1.82, 2.24) is 0 Å². The molecule has 3 rings (SSSR count). The van der Waals surface area contributed by atoms with Crippen LogP contribution in [0.5, 0.6) is 46.0 Å². The van der Waals surface area contributed by atoms with E-state index in [0.717, 1.165) is 47.9 Å². The quantitative estimate of drug-likeness (QED) is 0.161. The number of benzene rings is 3. The first-order valence-corrected chi connectivity index (χ1v) is 14.4. The van der Waals surface area contributed by atoms with Crippen LogP contribution in [-0.2, 0) is 0 Å². The number of phenols is 2. The van der Waals surface area contributed by atoms with Crippen LogP contribution in [0.2, 0.25) is 0 Å². The summed E-state index contributed by atoms with van der Waals surface area (Å²) in [6.45, 7) is 4.99. The number of methoxy groups -OCH3 is 5. The lowest BCUT2D eigenvalue weighted by Gasteiger charge is -2.18. The lowest BCUT2D eigenvalue weighted by Crippen LogP contribution is -2.12. The molecule has 8 nitrogen and oxygen atoms in total. The first-order valence-electron chi connectivity index (χ1n) is 14.4. The smallest absolute Gasteiger partial charge is 0.200 e. The van der Waals surface area contributed by atoms with Crippen molar-refractivity contribution in [2.24, 2.45) is 5.92 Å². The van der Waals surface area contributed by atoms with Gasteiger partial charge in [0.05, 0.1) is 42.2 Å². The summed E-state index contributed by atoms with van der Waals surface area (Å²) in [6, 6.07) is 10.8. The summed E-state index contributed by atoms with van der Waals surface area (Å²) in [4.78, 5) is 0. The van der Waals surface area contributed by atoms with Crippen molar-refractivity contribution in [1.29, 1.82) is 0 Å². The lowest BCUT2D eigenvalue weighted by atomic mass is 10.0. The minimum Gasteiger partial charge on any atom is -0.502 e. The van der Waals surface area contributed by atoms with Crippen molar-refractivity contribution >= 4 is 24.3 Å². The fraction of sp³-hybridized carbons (Fsp3) is 0.371. The molecule has 0 aliphatic carbocycles. The van der Waals surface area contributed by atoms with E-state index in [1.165, 1.54) is 28.4 Å². The summed E-state index contributed by atoms with van der Waals surface area (Å²) in [6.07, 6.45) is 12.1. The molecule has 1 unspecified atom stereocenters. The molecule has 0 saturated heterocycles. The van der Waals surface area contributed by atoms with E-state index in [1.54, 1.807) is 31.4 Å². The number of rotatable bonds is 16. The molecule has 8 heteroatoms. The highest BCUT2D eigenvalue weighted by molar-refractivity contribution is 5.80. The molecule has 3 aromatic rings. The molecular weight excluding hydrogens is 548 g/mol. The Bertz CT molecular complexity index is 1360. The highest BCUT2D eigenvalue weighted by Gasteiger charge is 2.15. The average molecular weight is 593 g/mol. The molecule has 3 aromatic carbocycles. The lowest BCUT2D eigenvalue weighted by molar-refractivity contribution is 0.232. The zero-order valence-corrected chi connectivity index (χ0v) is 26.2. The summed E-state index contributed by atoms with van der Waals surface area (Å²) >= 11 is 0. The first kappa shape index (κ1) is 33.0. The van der Waals surface area contributed by atoms with Gasteiger partial charge >= 0.3 is 0 Å². The van der Waals surface area contributed by atoms with Gasteiger partial charge in [-0.25, -0.2) is 0 Å². The van der Waals surface area contributed by atoms with Gasteiger partial charge in [-0.3, -0.25) is 0 Å². The second kappa shape index (κ2) is 16.2. The van der Waals surface area contributed by atoms with Gasteiger partial charge in [-0.15, -0.1) is 0 Å². The molecule has 0 aliphatic rings. The summed E-state index contributed by atoms with van der Waals surface area (Å²) < 4.78 is 33.5. The van der Waals surface area contributed by atoms with Gasteiger partial charge in [0.25, 0.3) is 0 Å². The summed E-state index contributed by atoms with van der Waals surface area (Å²) in [5.74, 6) is 2.97. The summed E-state index contributed by atoms with van der Waals surface area (Å²) in [7, 11) is 7.61. The minimum atomic E-state index is -0.0519. The zero-order valence-electron chi connectivity index (χ0n) is 26.2. The highest BCUT2D eigenvalue weighted by atomic mass is 16.5. The molecular formula is C35H44O8. The van der Waals surface area contributed by atoms with E-state index in [-0.39, 0.29) is 11.5 Å². The zero-order chi connectivity index (χ0) is 31.4. The maximum atomic E-state index is 10.3. The van der Waals surface area contributed by atoms with E-state index in [9.17, 15) is 10.2 Å². The molecule has 0 aromatic heterocycles. The second-order valence-electron chi connectivity index (χ2n) is 10.1. The monoisotopic (exact) mass is 592 g/mol. The maximum Gasteiger partial charge on any atom is 0.200 e. The van der Waals surface area contributed by atoms with Crippen molar-refractivity contribution < 1.29 is 38.6 Å². The van der Waals surface area contributed by atoms with E-state index in [2.05, 4.69) is 13.8 Å². The van der Waals surface area contributed by atoms with E-state index in [0.29, 0.717) is 47.0 Å². The molecule has 0 radical (unpaired) electrons. The van der Waals surface area contributed by atoms with Gasteiger partial charge in [0.2, 0.25) is 11.5 Å². The standard InChI is InChI=1S/C35H44O8/c1-8-10-11-23(9-2)22-43-29-21-26(14-12-24-16-30(39-4)34(36)31(17-24)40-5)28(38-3)20-27(29)15-13-25-18-32(41-6)35(37)33(19-25)42-7/h12-21,23,36-37H,8-11,22H2,1-7H3/b14-12+,15-13+. The van der Waals surface area contributed by atoms with Gasteiger partial charge in [-0.1, -0.05) is 57.4 Å². The molecule has 2 N–H and O–H groups in total. The number of hydrogen-bond acceptors (Lipinski definition) is 8. The Morgan fingerprint density at radius 2 is 1.00 bits per heavy atom. The highest BCUT2D eigenvalue weighted by Crippen LogP contribution is 2.40. The third-order valence-electron chi connectivity index (χ3n) is 7.29. The fourth-order valence-electron chi connectivity index (χ4n) is 4.65. The van der Waals surface area contributed by atoms with Crippen LogP contribution in [-0.4, -0.2) is 52.4 Å². The maximum absolute atomic E-state index is 10.3. The van der Waals surface area contributed by atoms with Crippen molar-refractivity contribution in [2.75, 3.05) is 42.2 Å². The number of ether oxygens (including phenoxy) is 6.